The Morgan fingerprint density at radius 3 is 2.14 bits per heavy atom. The van der Waals surface area contributed by atoms with E-state index in [9.17, 15) is 29.4 Å². The predicted molar refractivity (Wildman–Crippen MR) is 165 cm³/mol. The fourth-order valence-electron chi connectivity index (χ4n) is 5.79. The number of hydrogen-bond acceptors (Lipinski definition) is 4. The van der Waals surface area contributed by atoms with Crippen LogP contribution in [0.25, 0.3) is 18.2 Å². The summed E-state index contributed by atoms with van der Waals surface area (Å²) in [7, 11) is 0. The number of allylic oxidation sites excluding steroid dienone is 3. The number of aromatic nitrogens is 2. The molecule has 1 atom stereocenters. The van der Waals surface area contributed by atoms with E-state index in [4.69, 9.17) is 0 Å². The lowest BCUT2D eigenvalue weighted by molar-refractivity contribution is -0.138. The van der Waals surface area contributed by atoms with Crippen LogP contribution in [0.15, 0.2) is 33.5 Å². The van der Waals surface area contributed by atoms with Gasteiger partial charge in [0, 0.05) is 46.2 Å². The molecule has 1 fully saturated rings. The summed E-state index contributed by atoms with van der Waals surface area (Å²) in [5.74, 6) is -2.46. The number of carboxylic acids is 2. The van der Waals surface area contributed by atoms with Gasteiger partial charge >= 0.3 is 11.9 Å². The first kappa shape index (κ1) is 31.2. The Morgan fingerprint density at radius 2 is 1.53 bits per heavy atom. The molecule has 10 nitrogen and oxygen atoms in total. The van der Waals surface area contributed by atoms with Crippen molar-refractivity contribution in [1.82, 2.24) is 15.3 Å². The minimum absolute atomic E-state index is 0.0720. The van der Waals surface area contributed by atoms with Gasteiger partial charge in [-0.15, -0.1) is 0 Å². The fraction of sp³-hybridized carbons (Fsp3) is 0.364. The third-order valence-corrected chi connectivity index (χ3v) is 8.34. The van der Waals surface area contributed by atoms with Crippen molar-refractivity contribution in [3.63, 3.8) is 0 Å². The lowest BCUT2D eigenvalue weighted by atomic mass is 10.00. The standard InChI is InChI=1S/C33H38N4O6/c1-7-20-18(5)32(42)36-26(20)13-24-16(3)22(9-11-30(38)39)28(34-24)15-29-23(10-12-31(40)41)17(4)25(35-29)14-27-21(8-2)19(6)33(43)37-27/h7,13-15,18,34-35H,8-12H2,1-6H3,(H,36,42)(H,38,39)(H,40,41)/b20-7+,25-14+,26-13-,29-15-. The molecule has 1 saturated heterocycles. The summed E-state index contributed by atoms with van der Waals surface area (Å²) in [6.45, 7) is 11.3. The van der Waals surface area contributed by atoms with E-state index in [1.807, 2.05) is 58.9 Å². The van der Waals surface area contributed by atoms with E-state index >= 15 is 0 Å². The van der Waals surface area contributed by atoms with Crippen molar-refractivity contribution >= 4 is 47.7 Å². The quantitative estimate of drug-likeness (QED) is 0.286. The van der Waals surface area contributed by atoms with Crippen LogP contribution in [0.3, 0.4) is 0 Å². The minimum atomic E-state index is -0.922. The van der Waals surface area contributed by atoms with Crippen LogP contribution in [0.5, 0.6) is 0 Å². The number of aliphatic carboxylic acids is 2. The zero-order valence-electron chi connectivity index (χ0n) is 25.4. The van der Waals surface area contributed by atoms with E-state index in [1.54, 1.807) is 6.92 Å². The van der Waals surface area contributed by atoms with Crippen molar-refractivity contribution in [2.24, 2.45) is 10.9 Å². The Bertz CT molecular complexity index is 1780. The molecular formula is C33H38N4O6. The maximum absolute atomic E-state index is 12.3. The number of carbonyl (C=O) groups is 4. The van der Waals surface area contributed by atoms with E-state index in [0.717, 1.165) is 44.4 Å². The largest absolute Gasteiger partial charge is 0.481 e. The van der Waals surface area contributed by atoms with Gasteiger partial charge < -0.3 is 25.5 Å². The molecule has 0 bridgehead atoms. The highest BCUT2D eigenvalue weighted by molar-refractivity contribution is 6.30. The van der Waals surface area contributed by atoms with Crippen molar-refractivity contribution in [1.29, 1.82) is 0 Å². The zero-order chi connectivity index (χ0) is 31.6. The number of H-pyrrole nitrogens is 2. The number of nitrogens with zero attached hydrogens (tertiary/aromatic N) is 1. The summed E-state index contributed by atoms with van der Waals surface area (Å²) >= 11 is 0. The van der Waals surface area contributed by atoms with Gasteiger partial charge in [-0.2, -0.15) is 0 Å². The highest BCUT2D eigenvalue weighted by Crippen LogP contribution is 2.29. The normalized spacial score (nSPS) is 19.8. The van der Waals surface area contributed by atoms with Crippen molar-refractivity contribution in [2.45, 2.75) is 73.6 Å². The summed E-state index contributed by atoms with van der Waals surface area (Å²) in [5.41, 5.74) is 8.42. The molecule has 0 saturated carbocycles. The Kier molecular flexibility index (Phi) is 9.18. The molecule has 2 aliphatic heterocycles. The van der Waals surface area contributed by atoms with Crippen LogP contribution in [0.4, 0.5) is 0 Å². The molecule has 0 aliphatic carbocycles. The average molecular weight is 587 g/mol. The molecule has 10 heteroatoms. The molecule has 2 aliphatic rings. The molecule has 0 aromatic carbocycles. The number of hydrogen-bond donors (Lipinski definition) is 5. The van der Waals surface area contributed by atoms with Gasteiger partial charge in [0.15, 0.2) is 0 Å². The lowest BCUT2D eigenvalue weighted by Gasteiger charge is -2.03. The minimum Gasteiger partial charge on any atom is -0.481 e. The SMILES string of the molecule is C/C=C1/C(=C/c2[nH]c(/C=c3\[nH]/c(=C/C4=NC(=O)C(C)=C4CC)c(C)c3CCC(=O)O)c(CCC(=O)O)c2C)NC(=O)C1C. The van der Waals surface area contributed by atoms with Gasteiger partial charge in [0.05, 0.1) is 11.6 Å². The lowest BCUT2D eigenvalue weighted by Crippen LogP contribution is -2.16. The molecule has 2 amide bonds. The molecule has 5 N–H and O–H groups in total. The van der Waals surface area contributed by atoms with Crippen LogP contribution >= 0.6 is 0 Å². The molecule has 4 heterocycles. The van der Waals surface area contributed by atoms with Crippen LogP contribution in [0, 0.1) is 19.8 Å². The Balaban J connectivity index is 1.91. The smallest absolute Gasteiger partial charge is 0.303 e. The second-order valence-electron chi connectivity index (χ2n) is 11.0. The van der Waals surface area contributed by atoms with Crippen molar-refractivity contribution in [3.8, 4) is 0 Å². The number of carboxylic acid groups (broad SMARTS) is 2. The van der Waals surface area contributed by atoms with Gasteiger partial charge in [-0.1, -0.05) is 13.0 Å². The van der Waals surface area contributed by atoms with Crippen LogP contribution in [0.1, 0.15) is 80.6 Å². The summed E-state index contributed by atoms with van der Waals surface area (Å²) in [6, 6.07) is 0. The number of amides is 2. The molecule has 2 aromatic rings. The maximum Gasteiger partial charge on any atom is 0.303 e. The second-order valence-corrected chi connectivity index (χ2v) is 11.0. The van der Waals surface area contributed by atoms with E-state index < -0.39 is 11.9 Å². The third kappa shape index (κ3) is 6.38. The van der Waals surface area contributed by atoms with E-state index in [0.29, 0.717) is 34.4 Å². The Hall–Kier alpha value is -4.73. The summed E-state index contributed by atoms with van der Waals surface area (Å²) in [4.78, 5) is 58.7. The first-order valence-corrected chi connectivity index (χ1v) is 14.4. The fourth-order valence-corrected chi connectivity index (χ4v) is 5.79. The topological polar surface area (TPSA) is 165 Å². The number of carbonyl (C=O) groups excluding carboxylic acids is 2. The van der Waals surface area contributed by atoms with Crippen LogP contribution in [-0.4, -0.2) is 49.6 Å². The first-order valence-electron chi connectivity index (χ1n) is 14.4. The first-order chi connectivity index (χ1) is 20.4. The number of nitrogens with one attached hydrogen (secondary N) is 3. The Morgan fingerprint density at radius 1 is 0.884 bits per heavy atom. The third-order valence-electron chi connectivity index (χ3n) is 8.34. The van der Waals surface area contributed by atoms with E-state index in [2.05, 4.69) is 20.3 Å². The highest BCUT2D eigenvalue weighted by atomic mass is 16.4. The van der Waals surface area contributed by atoms with Crippen molar-refractivity contribution in [3.05, 3.63) is 72.8 Å². The van der Waals surface area contributed by atoms with Gasteiger partial charge in [-0.3, -0.25) is 19.2 Å². The summed E-state index contributed by atoms with van der Waals surface area (Å²) in [6.07, 6.45) is 8.53. The van der Waals surface area contributed by atoms with Crippen LogP contribution in [-0.2, 0) is 32.0 Å². The summed E-state index contributed by atoms with van der Waals surface area (Å²) < 4.78 is 0. The van der Waals surface area contributed by atoms with Gasteiger partial charge in [0.2, 0.25) is 5.91 Å². The molecular weight excluding hydrogens is 548 g/mol. The predicted octanol–water partition coefficient (Wildman–Crippen LogP) is 3.36. The monoisotopic (exact) mass is 586 g/mol. The second kappa shape index (κ2) is 12.6. The average Bonchev–Trinajstić information content (AvgIpc) is 3.59. The molecule has 2 aromatic heterocycles. The highest BCUT2D eigenvalue weighted by Gasteiger charge is 2.29. The molecule has 0 spiro atoms. The van der Waals surface area contributed by atoms with E-state index in [-0.39, 0.29) is 43.4 Å². The van der Waals surface area contributed by atoms with Gasteiger partial charge in [-0.25, -0.2) is 4.99 Å². The van der Waals surface area contributed by atoms with Gasteiger partial charge in [-0.05, 0) is 106 Å². The number of aliphatic imine (C=N–C) groups is 1. The molecule has 43 heavy (non-hydrogen) atoms. The van der Waals surface area contributed by atoms with Crippen LogP contribution < -0.4 is 16.0 Å². The number of rotatable bonds is 10. The maximum atomic E-state index is 12.3. The van der Waals surface area contributed by atoms with Crippen molar-refractivity contribution < 1.29 is 29.4 Å². The Labute approximate surface area is 249 Å². The van der Waals surface area contributed by atoms with Crippen LogP contribution in [0.2, 0.25) is 0 Å². The molecule has 1 unspecified atom stereocenters. The number of aromatic amines is 2. The molecule has 226 valence electrons. The molecule has 0 radical (unpaired) electrons. The van der Waals surface area contributed by atoms with E-state index in [1.165, 1.54) is 0 Å². The van der Waals surface area contributed by atoms with Crippen molar-refractivity contribution in [2.75, 3.05) is 0 Å². The van der Waals surface area contributed by atoms with Gasteiger partial charge in [0.1, 0.15) is 0 Å². The molecule has 4 rings (SSSR count). The van der Waals surface area contributed by atoms with Gasteiger partial charge in [0.25, 0.3) is 5.91 Å². The summed E-state index contributed by atoms with van der Waals surface area (Å²) in [5, 5.41) is 23.2. The zero-order valence-corrected chi connectivity index (χ0v) is 25.4.